The van der Waals surface area contributed by atoms with Gasteiger partial charge in [-0.25, -0.2) is 14.3 Å². The van der Waals surface area contributed by atoms with Gasteiger partial charge in [0.25, 0.3) is 11.3 Å². The van der Waals surface area contributed by atoms with Crippen LogP contribution in [0.1, 0.15) is 15.4 Å². The van der Waals surface area contributed by atoms with Gasteiger partial charge in [-0.1, -0.05) is 17.7 Å². The fourth-order valence-corrected chi connectivity index (χ4v) is 3.36. The molecule has 0 spiro atoms. The maximum Gasteiger partial charge on any atom is 0.422 e. The number of carbonyl (C=O) groups excluding carboxylic acids is 2. The number of alkyl halides is 3. The quantitative estimate of drug-likeness (QED) is 0.296. The lowest BCUT2D eigenvalue weighted by Crippen LogP contribution is -2.26. The summed E-state index contributed by atoms with van der Waals surface area (Å²) in [5, 5.41) is 10.4. The highest BCUT2D eigenvalue weighted by molar-refractivity contribution is 7.15. The lowest BCUT2D eigenvalue weighted by molar-refractivity contribution is -0.521. The second kappa shape index (κ2) is 7.16. The second-order valence-corrected chi connectivity index (χ2v) is 6.98. The van der Waals surface area contributed by atoms with E-state index < -0.39 is 36.1 Å². The number of rotatable bonds is 5. The van der Waals surface area contributed by atoms with E-state index in [2.05, 4.69) is 9.72 Å². The summed E-state index contributed by atoms with van der Waals surface area (Å²) in [6.45, 7) is -1.90. The number of ether oxygens (including phenoxy) is 1. The second-order valence-electron chi connectivity index (χ2n) is 5.29. The molecular formula is C15H10ClF3N3O4S+. The Labute approximate surface area is 158 Å². The van der Waals surface area contributed by atoms with Gasteiger partial charge in [0.05, 0.1) is 11.1 Å². The number of fused-ring (bicyclic) bond motifs is 1. The van der Waals surface area contributed by atoms with E-state index in [0.29, 0.717) is 10.5 Å². The van der Waals surface area contributed by atoms with Gasteiger partial charge in [-0.15, -0.1) is 11.3 Å². The fraction of sp³-hybridized carbons (Fsp3) is 0.200. The summed E-state index contributed by atoms with van der Waals surface area (Å²) in [6, 6.07) is 4.75. The summed E-state index contributed by atoms with van der Waals surface area (Å²) in [5.41, 5.74) is -0.176. The maximum absolute atomic E-state index is 12.4. The first-order valence-corrected chi connectivity index (χ1v) is 8.47. The first-order chi connectivity index (χ1) is 12.7. The van der Waals surface area contributed by atoms with Gasteiger partial charge in [-0.3, -0.25) is 4.79 Å². The highest BCUT2D eigenvalue weighted by Gasteiger charge is 2.38. The molecule has 27 heavy (non-hydrogen) atoms. The SMILES string of the molecule is O=C(OCC(F)(F)F)C(=O)c1c(O)[n+]2ccccc2n1Cc1cnc(Cl)s1. The van der Waals surface area contributed by atoms with E-state index in [4.69, 9.17) is 11.6 Å². The number of ketones is 1. The van der Waals surface area contributed by atoms with Gasteiger partial charge in [-0.2, -0.15) is 17.6 Å². The van der Waals surface area contributed by atoms with Crippen molar-refractivity contribution in [2.45, 2.75) is 12.7 Å². The van der Waals surface area contributed by atoms with Crippen molar-refractivity contribution in [2.24, 2.45) is 0 Å². The molecule has 3 rings (SSSR count). The van der Waals surface area contributed by atoms with E-state index in [9.17, 15) is 27.9 Å². The largest absolute Gasteiger partial charge is 0.474 e. The number of aromatic hydroxyl groups is 1. The number of imidazole rings is 1. The number of nitrogens with zero attached hydrogens (tertiary/aromatic N) is 3. The summed E-state index contributed by atoms with van der Waals surface area (Å²) >= 11 is 6.89. The molecule has 0 aliphatic rings. The average Bonchev–Trinajstić information content (AvgIpc) is 3.14. The Morgan fingerprint density at radius 2 is 2.11 bits per heavy atom. The summed E-state index contributed by atoms with van der Waals surface area (Å²) in [4.78, 5) is 28.6. The summed E-state index contributed by atoms with van der Waals surface area (Å²) in [5.74, 6) is -3.74. The van der Waals surface area contributed by atoms with Gasteiger partial charge < -0.3 is 9.84 Å². The number of thiazole rings is 1. The zero-order valence-corrected chi connectivity index (χ0v) is 14.8. The number of carbonyl (C=O) groups is 2. The highest BCUT2D eigenvalue weighted by atomic mass is 35.5. The van der Waals surface area contributed by atoms with Gasteiger partial charge in [0.1, 0.15) is 6.54 Å². The average molecular weight is 421 g/mol. The molecule has 0 saturated carbocycles. The van der Waals surface area contributed by atoms with Crippen LogP contribution in [0.5, 0.6) is 5.88 Å². The Morgan fingerprint density at radius 1 is 1.37 bits per heavy atom. The number of esters is 1. The van der Waals surface area contributed by atoms with Gasteiger partial charge in [0.2, 0.25) is 0 Å². The summed E-state index contributed by atoms with van der Waals surface area (Å²) < 4.78 is 43.4. The van der Waals surface area contributed by atoms with Crippen molar-refractivity contribution in [2.75, 3.05) is 6.61 Å². The Balaban J connectivity index is 2.03. The van der Waals surface area contributed by atoms with E-state index in [0.717, 1.165) is 11.3 Å². The molecule has 0 amide bonds. The lowest BCUT2D eigenvalue weighted by Gasteiger charge is -2.06. The lowest BCUT2D eigenvalue weighted by atomic mass is 10.3. The van der Waals surface area contributed by atoms with Crippen LogP contribution in [0.25, 0.3) is 5.65 Å². The van der Waals surface area contributed by atoms with Crippen molar-refractivity contribution in [1.82, 2.24) is 9.55 Å². The molecule has 3 heterocycles. The molecule has 0 atom stereocenters. The number of pyridine rings is 1. The molecular weight excluding hydrogens is 411 g/mol. The van der Waals surface area contributed by atoms with E-state index >= 15 is 0 Å². The number of Topliss-reactive ketones (excluding diaryl/α,β-unsaturated/α-hetero) is 1. The molecule has 0 radical (unpaired) electrons. The minimum absolute atomic E-state index is 0.00604. The highest BCUT2D eigenvalue weighted by Crippen LogP contribution is 2.24. The maximum atomic E-state index is 12.4. The third-order valence-electron chi connectivity index (χ3n) is 3.43. The normalized spacial score (nSPS) is 11.7. The Morgan fingerprint density at radius 3 is 2.74 bits per heavy atom. The molecule has 0 bridgehead atoms. The first kappa shape index (κ1) is 19.1. The number of hydrogen-bond acceptors (Lipinski definition) is 6. The number of halogens is 4. The number of aromatic nitrogens is 3. The van der Waals surface area contributed by atoms with Crippen LogP contribution < -0.4 is 4.40 Å². The zero-order chi connectivity index (χ0) is 19.8. The third-order valence-corrected chi connectivity index (χ3v) is 4.53. The Bertz CT molecular complexity index is 1030. The van der Waals surface area contributed by atoms with E-state index in [-0.39, 0.29) is 11.0 Å². The van der Waals surface area contributed by atoms with Crippen LogP contribution in [0.2, 0.25) is 4.47 Å². The molecule has 0 aliphatic heterocycles. The summed E-state index contributed by atoms with van der Waals surface area (Å²) in [7, 11) is 0. The van der Waals surface area contributed by atoms with Crippen LogP contribution in [-0.4, -0.2) is 39.2 Å². The van der Waals surface area contributed by atoms with E-state index in [1.807, 2.05) is 0 Å². The topological polar surface area (TPSA) is 85.5 Å². The standard InChI is InChI=1S/C15H9ClF3N3O4S/c16-14-20-5-8(27-14)6-22-9-3-1-2-4-21(9)12(24)10(22)11(23)13(25)26-7-15(17,18)19/h1-5H,6-7H2/p+1. The van der Waals surface area contributed by atoms with Crippen LogP contribution in [0.3, 0.4) is 0 Å². The van der Waals surface area contributed by atoms with Crippen LogP contribution in [0.4, 0.5) is 13.2 Å². The van der Waals surface area contributed by atoms with Crippen LogP contribution >= 0.6 is 22.9 Å². The fourth-order valence-electron chi connectivity index (χ4n) is 2.39. The number of hydrogen-bond donors (Lipinski definition) is 1. The Kier molecular flexibility index (Phi) is 5.07. The van der Waals surface area contributed by atoms with Crippen molar-refractivity contribution in [3.63, 3.8) is 0 Å². The smallest absolute Gasteiger partial charge is 0.422 e. The molecule has 142 valence electrons. The van der Waals surface area contributed by atoms with Gasteiger partial charge in [0, 0.05) is 12.3 Å². The van der Waals surface area contributed by atoms with Gasteiger partial charge in [0.15, 0.2) is 11.1 Å². The predicted molar refractivity (Wildman–Crippen MR) is 86.8 cm³/mol. The molecule has 12 heteroatoms. The van der Waals surface area contributed by atoms with Crippen molar-refractivity contribution < 1.29 is 37.0 Å². The zero-order valence-electron chi connectivity index (χ0n) is 13.2. The first-order valence-electron chi connectivity index (χ1n) is 7.27. The monoisotopic (exact) mass is 420 g/mol. The van der Waals surface area contributed by atoms with Crippen molar-refractivity contribution in [3.8, 4) is 5.88 Å². The van der Waals surface area contributed by atoms with E-state index in [1.165, 1.54) is 21.4 Å². The molecule has 3 aromatic rings. The van der Waals surface area contributed by atoms with E-state index in [1.54, 1.807) is 18.2 Å². The van der Waals surface area contributed by atoms with Crippen molar-refractivity contribution in [3.05, 3.63) is 45.6 Å². The predicted octanol–water partition coefficient (Wildman–Crippen LogP) is 2.38. The summed E-state index contributed by atoms with van der Waals surface area (Å²) in [6.07, 6.45) is -1.91. The van der Waals surface area contributed by atoms with Crippen LogP contribution in [0.15, 0.2) is 30.6 Å². The minimum Gasteiger partial charge on any atom is -0.474 e. The molecule has 1 N–H and O–H groups in total. The minimum atomic E-state index is -4.78. The Hall–Kier alpha value is -2.66. The van der Waals surface area contributed by atoms with Gasteiger partial charge >= 0.3 is 23.8 Å². The molecule has 0 aromatic carbocycles. The molecule has 3 aromatic heterocycles. The van der Waals surface area contributed by atoms with Crippen molar-refractivity contribution >= 4 is 40.3 Å². The molecule has 0 unspecified atom stereocenters. The molecule has 0 fully saturated rings. The molecule has 7 nitrogen and oxygen atoms in total. The molecule has 0 saturated heterocycles. The van der Waals surface area contributed by atoms with Crippen molar-refractivity contribution in [1.29, 1.82) is 0 Å². The van der Waals surface area contributed by atoms with Crippen LogP contribution in [-0.2, 0) is 16.1 Å². The van der Waals surface area contributed by atoms with Crippen LogP contribution in [0, 0.1) is 0 Å². The van der Waals surface area contributed by atoms with Gasteiger partial charge in [-0.05, 0) is 6.07 Å². The third kappa shape index (κ3) is 4.03. The molecule has 0 aliphatic carbocycles.